The van der Waals surface area contributed by atoms with Gasteiger partial charge in [0.1, 0.15) is 5.25 Å². The number of hydrogen-bond acceptors (Lipinski definition) is 5. The van der Waals surface area contributed by atoms with Gasteiger partial charge in [-0.2, -0.15) is 18.6 Å². The molecule has 86 valence electrons. The molecule has 0 spiro atoms. The molecule has 2 rings (SSSR count). The maximum atomic E-state index is 12.7. The number of anilines is 1. The van der Waals surface area contributed by atoms with Crippen LogP contribution in [0.2, 0.25) is 0 Å². The fourth-order valence-electron chi connectivity index (χ4n) is 1.56. The lowest BCUT2D eigenvalue weighted by atomic mass is 10.4. The van der Waals surface area contributed by atoms with Crippen molar-refractivity contribution >= 4 is 21.8 Å². The van der Waals surface area contributed by atoms with Crippen LogP contribution in [0.25, 0.3) is 0 Å². The van der Waals surface area contributed by atoms with Gasteiger partial charge in [-0.1, -0.05) is 0 Å². The van der Waals surface area contributed by atoms with Crippen molar-refractivity contribution in [2.75, 3.05) is 11.4 Å². The lowest BCUT2D eigenvalue weighted by Crippen LogP contribution is -2.27. The van der Waals surface area contributed by atoms with Gasteiger partial charge in [-0.3, -0.25) is 4.79 Å². The van der Waals surface area contributed by atoms with Crippen LogP contribution in [0.15, 0.2) is 18.5 Å². The largest absolute Gasteiger partial charge is 0.309 e. The maximum absolute atomic E-state index is 12.7. The first-order valence-corrected chi connectivity index (χ1v) is 5.93. The highest BCUT2D eigenvalue weighted by atomic mass is 32.3. The normalized spacial score (nSPS) is 21.4. The third-order valence-electron chi connectivity index (χ3n) is 2.37. The minimum atomic E-state index is -4.67. The van der Waals surface area contributed by atoms with Gasteiger partial charge in [0.15, 0.2) is 0 Å². The van der Waals surface area contributed by atoms with Crippen LogP contribution in [0.4, 0.5) is 9.57 Å². The summed E-state index contributed by atoms with van der Waals surface area (Å²) in [5.74, 6) is -0.431. The summed E-state index contributed by atoms with van der Waals surface area (Å²) in [4.78, 5) is 12.7. The quantitative estimate of drug-likeness (QED) is 0.679. The number of amides is 1. The van der Waals surface area contributed by atoms with Crippen LogP contribution in [0.5, 0.6) is 0 Å². The lowest BCUT2D eigenvalue weighted by Gasteiger charge is -2.14. The summed E-state index contributed by atoms with van der Waals surface area (Å²) < 4.78 is 34.1. The summed E-state index contributed by atoms with van der Waals surface area (Å²) in [6.07, 6.45) is 2.37. The predicted octanol–water partition coefficient (Wildman–Crippen LogP) is -0.119. The Labute approximate surface area is 91.3 Å². The third kappa shape index (κ3) is 2.01. The van der Waals surface area contributed by atoms with Crippen LogP contribution in [0.3, 0.4) is 0 Å². The fraction of sp³-hybridized carbons (Fsp3) is 0.375. The minimum absolute atomic E-state index is 0.177. The van der Waals surface area contributed by atoms with Gasteiger partial charge in [0, 0.05) is 13.0 Å². The number of rotatable bonds is 2. The Morgan fingerprint density at radius 2 is 2.19 bits per heavy atom. The van der Waals surface area contributed by atoms with E-state index in [9.17, 15) is 17.1 Å². The number of halogens is 1. The summed E-state index contributed by atoms with van der Waals surface area (Å²) >= 11 is 0. The van der Waals surface area contributed by atoms with Crippen LogP contribution in [-0.2, 0) is 15.0 Å². The lowest BCUT2D eigenvalue weighted by molar-refractivity contribution is -0.117. The summed E-state index contributed by atoms with van der Waals surface area (Å²) in [5, 5.41) is 5.81. The summed E-state index contributed by atoms with van der Waals surface area (Å²) in [6, 6.07) is 1.51. The Kier molecular flexibility index (Phi) is 2.58. The first-order chi connectivity index (χ1) is 7.48. The number of nitrogens with zero attached hydrogens (tertiary/aromatic N) is 3. The summed E-state index contributed by atoms with van der Waals surface area (Å²) in [7, 11) is -4.67. The highest BCUT2D eigenvalue weighted by Gasteiger charge is 2.39. The first-order valence-electron chi connectivity index (χ1n) is 4.49. The average molecular weight is 245 g/mol. The van der Waals surface area contributed by atoms with Crippen molar-refractivity contribution in [2.45, 2.75) is 11.7 Å². The van der Waals surface area contributed by atoms with Gasteiger partial charge in [-0.05, 0) is 6.07 Å². The van der Waals surface area contributed by atoms with Gasteiger partial charge in [-0.15, -0.1) is 3.89 Å². The second kappa shape index (κ2) is 3.78. The second-order valence-corrected chi connectivity index (χ2v) is 5.02. The monoisotopic (exact) mass is 245 g/mol. The van der Waals surface area contributed by atoms with E-state index < -0.39 is 21.4 Å². The molecular weight excluding hydrogens is 237 g/mol. The molecule has 1 unspecified atom stereocenters. The molecule has 0 saturated carbocycles. The fourth-order valence-corrected chi connectivity index (χ4v) is 2.23. The highest BCUT2D eigenvalue weighted by molar-refractivity contribution is 7.87. The van der Waals surface area contributed by atoms with Gasteiger partial charge in [-0.25, -0.2) is 0 Å². The SMILES string of the molecule is O=C1CC(S(=O)(=O)F)CN1c1ccnnc1. The van der Waals surface area contributed by atoms with Crippen molar-refractivity contribution in [1.82, 2.24) is 10.2 Å². The Balaban J connectivity index is 2.25. The molecule has 6 nitrogen and oxygen atoms in total. The van der Waals surface area contributed by atoms with Gasteiger partial charge >= 0.3 is 10.2 Å². The zero-order chi connectivity index (χ0) is 11.8. The van der Waals surface area contributed by atoms with Crippen LogP contribution in [0, 0.1) is 0 Å². The molecule has 1 aliphatic heterocycles. The number of carbonyl (C=O) groups excluding carboxylic acids is 1. The Morgan fingerprint density at radius 3 is 2.69 bits per heavy atom. The van der Waals surface area contributed by atoms with E-state index in [-0.39, 0.29) is 13.0 Å². The van der Waals surface area contributed by atoms with Crippen LogP contribution >= 0.6 is 0 Å². The minimum Gasteiger partial charge on any atom is -0.309 e. The molecule has 8 heteroatoms. The van der Waals surface area contributed by atoms with Gasteiger partial charge in [0.25, 0.3) is 0 Å². The van der Waals surface area contributed by atoms with E-state index in [0.29, 0.717) is 5.69 Å². The Morgan fingerprint density at radius 1 is 1.44 bits per heavy atom. The molecule has 1 aromatic heterocycles. The molecule has 0 aliphatic carbocycles. The Bertz CT molecular complexity index is 505. The molecule has 0 radical (unpaired) electrons. The van der Waals surface area contributed by atoms with Crippen molar-refractivity contribution in [1.29, 1.82) is 0 Å². The van der Waals surface area contributed by atoms with E-state index in [4.69, 9.17) is 0 Å². The maximum Gasteiger partial charge on any atom is 0.307 e. The molecule has 1 amide bonds. The van der Waals surface area contributed by atoms with Crippen LogP contribution in [0.1, 0.15) is 6.42 Å². The molecule has 1 saturated heterocycles. The van der Waals surface area contributed by atoms with Gasteiger partial charge in [0.05, 0.1) is 18.1 Å². The van der Waals surface area contributed by atoms with E-state index in [1.165, 1.54) is 23.4 Å². The molecule has 1 aromatic rings. The molecule has 2 heterocycles. The van der Waals surface area contributed by atoms with Crippen molar-refractivity contribution in [3.05, 3.63) is 18.5 Å². The van der Waals surface area contributed by atoms with Gasteiger partial charge < -0.3 is 4.90 Å². The van der Waals surface area contributed by atoms with Crippen molar-refractivity contribution in [2.24, 2.45) is 0 Å². The zero-order valence-electron chi connectivity index (χ0n) is 8.08. The molecule has 0 bridgehead atoms. The highest BCUT2D eigenvalue weighted by Crippen LogP contribution is 2.24. The van der Waals surface area contributed by atoms with Crippen LogP contribution < -0.4 is 4.90 Å². The van der Waals surface area contributed by atoms with Crippen LogP contribution in [-0.4, -0.2) is 36.3 Å². The molecule has 16 heavy (non-hydrogen) atoms. The molecule has 1 fully saturated rings. The number of hydrogen-bond donors (Lipinski definition) is 0. The first kappa shape index (κ1) is 10.9. The number of aromatic nitrogens is 2. The molecule has 0 aromatic carbocycles. The molecule has 1 aliphatic rings. The van der Waals surface area contributed by atoms with Crippen molar-refractivity contribution in [3.8, 4) is 0 Å². The summed E-state index contributed by atoms with van der Waals surface area (Å²) in [6.45, 7) is -0.177. The predicted molar refractivity (Wildman–Crippen MR) is 52.8 cm³/mol. The second-order valence-electron chi connectivity index (χ2n) is 3.41. The smallest absolute Gasteiger partial charge is 0.307 e. The molecule has 1 atom stereocenters. The molecular formula is C8H8FN3O3S. The Hall–Kier alpha value is -1.57. The zero-order valence-corrected chi connectivity index (χ0v) is 8.89. The van der Waals surface area contributed by atoms with E-state index in [1.807, 2.05) is 0 Å². The van der Waals surface area contributed by atoms with Crippen molar-refractivity contribution in [3.63, 3.8) is 0 Å². The van der Waals surface area contributed by atoms with E-state index in [2.05, 4.69) is 10.2 Å². The third-order valence-corrected chi connectivity index (χ3v) is 3.48. The molecule has 0 N–H and O–H groups in total. The van der Waals surface area contributed by atoms with E-state index >= 15 is 0 Å². The topological polar surface area (TPSA) is 80.2 Å². The standard InChI is InChI=1S/C8H8FN3O3S/c9-16(14,15)7-3-8(13)12(5-7)6-1-2-10-11-4-6/h1-2,4,7H,3,5H2. The number of carbonyl (C=O) groups is 1. The van der Waals surface area contributed by atoms with Crippen molar-refractivity contribution < 1.29 is 17.1 Å². The van der Waals surface area contributed by atoms with Gasteiger partial charge in [0.2, 0.25) is 5.91 Å². The summed E-state index contributed by atoms with van der Waals surface area (Å²) in [5.41, 5.74) is 0.422. The average Bonchev–Trinajstić information content (AvgIpc) is 2.61. The van der Waals surface area contributed by atoms with E-state index in [1.54, 1.807) is 0 Å². The van der Waals surface area contributed by atoms with E-state index in [0.717, 1.165) is 0 Å².